The minimum Gasteiger partial charge on any atom is -0.433 e. The number of carbonyl (C=O) groups is 1. The lowest BCUT2D eigenvalue weighted by Crippen LogP contribution is -2.31. The van der Waals surface area contributed by atoms with Crippen LogP contribution in [0.25, 0.3) is 0 Å². The second-order valence-corrected chi connectivity index (χ2v) is 5.44. The van der Waals surface area contributed by atoms with Gasteiger partial charge in [0, 0.05) is 6.54 Å². The van der Waals surface area contributed by atoms with Crippen LogP contribution < -0.4 is 15.4 Å². The largest absolute Gasteiger partial charge is 0.433 e. The Morgan fingerprint density at radius 1 is 1.26 bits per heavy atom. The Bertz CT molecular complexity index is 547. The summed E-state index contributed by atoms with van der Waals surface area (Å²) in [5.74, 6) is -0.143. The van der Waals surface area contributed by atoms with E-state index in [0.717, 1.165) is 19.3 Å². The van der Waals surface area contributed by atoms with Crippen molar-refractivity contribution >= 4 is 11.6 Å². The van der Waals surface area contributed by atoms with Crippen LogP contribution in [0.2, 0.25) is 0 Å². The quantitative estimate of drug-likeness (QED) is 0.717. The number of hydrogen-bond donors (Lipinski definition) is 2. The molecular formula is C17H22F2N2O2. The lowest BCUT2D eigenvalue weighted by molar-refractivity contribution is -0.119. The second kappa shape index (κ2) is 9.12. The van der Waals surface area contributed by atoms with Gasteiger partial charge < -0.3 is 15.4 Å². The number of rotatable bonds is 8. The molecule has 0 fully saturated rings. The fraction of sp³-hybridized carbons (Fsp3) is 0.471. The molecule has 6 heteroatoms. The number of amides is 1. The Hall–Kier alpha value is -2.11. The minimum absolute atomic E-state index is 0.0165. The van der Waals surface area contributed by atoms with Gasteiger partial charge in [0.15, 0.2) is 0 Å². The van der Waals surface area contributed by atoms with Crippen LogP contribution in [0.15, 0.2) is 35.9 Å². The third-order valence-electron chi connectivity index (χ3n) is 3.70. The van der Waals surface area contributed by atoms with Gasteiger partial charge in [-0.1, -0.05) is 23.8 Å². The summed E-state index contributed by atoms with van der Waals surface area (Å²) < 4.78 is 29.0. The number of anilines is 1. The molecule has 0 unspecified atom stereocenters. The van der Waals surface area contributed by atoms with Gasteiger partial charge >= 0.3 is 6.61 Å². The van der Waals surface area contributed by atoms with E-state index in [-0.39, 0.29) is 18.2 Å². The van der Waals surface area contributed by atoms with E-state index in [9.17, 15) is 13.6 Å². The average molecular weight is 324 g/mol. The van der Waals surface area contributed by atoms with Gasteiger partial charge in [-0.25, -0.2) is 0 Å². The fourth-order valence-corrected chi connectivity index (χ4v) is 2.54. The van der Waals surface area contributed by atoms with Crippen molar-refractivity contribution in [3.63, 3.8) is 0 Å². The molecule has 0 aliphatic heterocycles. The first-order valence-corrected chi connectivity index (χ1v) is 7.87. The number of allylic oxidation sites excluding steroid dienone is 1. The molecule has 2 N–H and O–H groups in total. The van der Waals surface area contributed by atoms with E-state index >= 15 is 0 Å². The van der Waals surface area contributed by atoms with Gasteiger partial charge in [-0.15, -0.1) is 0 Å². The Balaban J connectivity index is 1.72. The van der Waals surface area contributed by atoms with Crippen LogP contribution in [0.3, 0.4) is 0 Å². The lowest BCUT2D eigenvalue weighted by Gasteiger charge is -2.14. The van der Waals surface area contributed by atoms with Crippen molar-refractivity contribution in [3.05, 3.63) is 35.9 Å². The highest BCUT2D eigenvalue weighted by molar-refractivity contribution is 5.81. The molecule has 1 aliphatic rings. The third-order valence-corrected chi connectivity index (χ3v) is 3.70. The zero-order valence-electron chi connectivity index (χ0n) is 13.0. The molecule has 0 saturated carbocycles. The molecule has 0 aromatic heterocycles. The zero-order chi connectivity index (χ0) is 16.5. The van der Waals surface area contributed by atoms with Crippen molar-refractivity contribution in [2.24, 2.45) is 0 Å². The van der Waals surface area contributed by atoms with E-state index in [2.05, 4.69) is 21.4 Å². The van der Waals surface area contributed by atoms with E-state index in [1.165, 1.54) is 24.5 Å². The van der Waals surface area contributed by atoms with Gasteiger partial charge in [0.25, 0.3) is 0 Å². The highest BCUT2D eigenvalue weighted by Gasteiger charge is 2.10. The lowest BCUT2D eigenvalue weighted by atomic mass is 9.97. The predicted octanol–water partition coefficient (Wildman–Crippen LogP) is 3.71. The van der Waals surface area contributed by atoms with Crippen LogP contribution in [-0.2, 0) is 4.79 Å². The molecule has 2 rings (SSSR count). The number of para-hydroxylation sites is 2. The van der Waals surface area contributed by atoms with E-state index in [1.54, 1.807) is 18.2 Å². The van der Waals surface area contributed by atoms with Crippen molar-refractivity contribution in [1.29, 1.82) is 0 Å². The smallest absolute Gasteiger partial charge is 0.387 e. The van der Waals surface area contributed by atoms with Crippen LogP contribution in [0, 0.1) is 0 Å². The topological polar surface area (TPSA) is 50.4 Å². The van der Waals surface area contributed by atoms with Crippen LogP contribution in [0.5, 0.6) is 5.75 Å². The summed E-state index contributed by atoms with van der Waals surface area (Å²) in [7, 11) is 0. The van der Waals surface area contributed by atoms with Gasteiger partial charge in [-0.05, 0) is 44.2 Å². The molecule has 0 bridgehead atoms. The number of hydrogen-bond acceptors (Lipinski definition) is 3. The van der Waals surface area contributed by atoms with Gasteiger partial charge in [0.2, 0.25) is 5.91 Å². The molecule has 126 valence electrons. The molecule has 1 aromatic rings. The van der Waals surface area contributed by atoms with Gasteiger partial charge in [0.1, 0.15) is 5.75 Å². The van der Waals surface area contributed by atoms with Crippen molar-refractivity contribution < 1.29 is 18.3 Å². The normalized spacial score (nSPS) is 14.3. The summed E-state index contributed by atoms with van der Waals surface area (Å²) in [4.78, 5) is 11.8. The van der Waals surface area contributed by atoms with Gasteiger partial charge in [-0.2, -0.15) is 8.78 Å². The molecular weight excluding hydrogens is 302 g/mol. The maximum Gasteiger partial charge on any atom is 0.387 e. The molecule has 0 radical (unpaired) electrons. The van der Waals surface area contributed by atoms with E-state index in [4.69, 9.17) is 0 Å². The molecule has 0 spiro atoms. The number of nitrogens with one attached hydrogen (secondary N) is 2. The zero-order valence-corrected chi connectivity index (χ0v) is 13.0. The van der Waals surface area contributed by atoms with Crippen molar-refractivity contribution in [2.75, 3.05) is 18.4 Å². The summed E-state index contributed by atoms with van der Waals surface area (Å²) >= 11 is 0. The molecule has 1 aliphatic carbocycles. The molecule has 0 saturated heterocycles. The summed E-state index contributed by atoms with van der Waals surface area (Å²) in [6.45, 7) is -2.28. The SMILES string of the molecule is O=C(CNc1ccccc1OC(F)F)NCCC1=CCCCC1. The monoisotopic (exact) mass is 324 g/mol. The summed E-state index contributed by atoms with van der Waals surface area (Å²) in [6, 6.07) is 6.31. The molecule has 4 nitrogen and oxygen atoms in total. The first kappa shape index (κ1) is 17.2. The maximum atomic E-state index is 12.3. The van der Waals surface area contributed by atoms with E-state index in [1.807, 2.05) is 0 Å². The fourth-order valence-electron chi connectivity index (χ4n) is 2.54. The molecule has 0 atom stereocenters. The first-order chi connectivity index (χ1) is 11.1. The third kappa shape index (κ3) is 6.26. The summed E-state index contributed by atoms with van der Waals surface area (Å²) in [5, 5.41) is 5.65. The van der Waals surface area contributed by atoms with E-state index < -0.39 is 6.61 Å². The Labute approximate surface area is 134 Å². The number of ether oxygens (including phenoxy) is 1. The molecule has 1 aromatic carbocycles. The van der Waals surface area contributed by atoms with Crippen LogP contribution in [0.1, 0.15) is 32.1 Å². The van der Waals surface area contributed by atoms with Gasteiger partial charge in [-0.3, -0.25) is 4.79 Å². The first-order valence-electron chi connectivity index (χ1n) is 7.87. The summed E-state index contributed by atoms with van der Waals surface area (Å²) in [5.41, 5.74) is 1.78. The maximum absolute atomic E-state index is 12.3. The molecule has 0 heterocycles. The second-order valence-electron chi connectivity index (χ2n) is 5.44. The van der Waals surface area contributed by atoms with E-state index in [0.29, 0.717) is 12.2 Å². The number of carbonyl (C=O) groups excluding carboxylic acids is 1. The molecule has 1 amide bonds. The molecule has 23 heavy (non-hydrogen) atoms. The summed E-state index contributed by atoms with van der Waals surface area (Å²) in [6.07, 6.45) is 7.85. The van der Waals surface area contributed by atoms with Crippen LogP contribution in [-0.4, -0.2) is 25.6 Å². The van der Waals surface area contributed by atoms with Crippen LogP contribution >= 0.6 is 0 Å². The standard InChI is InChI=1S/C17H22F2N2O2/c18-17(19)23-15-9-5-4-8-14(15)21-12-16(22)20-11-10-13-6-2-1-3-7-13/h4-6,8-9,17,21H,1-3,7,10-12H2,(H,20,22). The average Bonchev–Trinajstić information content (AvgIpc) is 2.54. The Kier molecular flexibility index (Phi) is 6.84. The Morgan fingerprint density at radius 3 is 2.83 bits per heavy atom. The number of alkyl halides is 2. The number of halogens is 2. The van der Waals surface area contributed by atoms with Crippen molar-refractivity contribution in [2.45, 2.75) is 38.7 Å². The van der Waals surface area contributed by atoms with Crippen LogP contribution in [0.4, 0.5) is 14.5 Å². The Morgan fingerprint density at radius 2 is 2.09 bits per heavy atom. The highest BCUT2D eigenvalue weighted by Crippen LogP contribution is 2.25. The highest BCUT2D eigenvalue weighted by atomic mass is 19.3. The van der Waals surface area contributed by atoms with Gasteiger partial charge in [0.05, 0.1) is 12.2 Å². The van der Waals surface area contributed by atoms with Crippen molar-refractivity contribution in [3.8, 4) is 5.75 Å². The number of benzene rings is 1. The minimum atomic E-state index is -2.89. The predicted molar refractivity (Wildman–Crippen MR) is 85.7 cm³/mol. The van der Waals surface area contributed by atoms with Crippen molar-refractivity contribution in [1.82, 2.24) is 5.32 Å².